The molecule has 0 radical (unpaired) electrons. The Morgan fingerprint density at radius 2 is 2.31 bits per heavy atom. The van der Waals surface area contributed by atoms with E-state index in [0.29, 0.717) is 6.10 Å². The van der Waals surface area contributed by atoms with Crippen molar-refractivity contribution in [2.24, 2.45) is 0 Å². The third-order valence-electron chi connectivity index (χ3n) is 2.92. The molecule has 1 fully saturated rings. The van der Waals surface area contributed by atoms with Crippen molar-refractivity contribution in [1.82, 2.24) is 10.2 Å². The molecule has 0 aliphatic carbocycles. The molecule has 1 aliphatic heterocycles. The molecule has 3 nitrogen and oxygen atoms in total. The van der Waals surface area contributed by atoms with E-state index in [-0.39, 0.29) is 0 Å². The van der Waals surface area contributed by atoms with Crippen molar-refractivity contribution < 1.29 is 4.74 Å². The van der Waals surface area contributed by atoms with Gasteiger partial charge >= 0.3 is 0 Å². The average molecular weight is 244 g/mol. The summed E-state index contributed by atoms with van der Waals surface area (Å²) in [7, 11) is 0. The third-order valence-corrected chi connectivity index (χ3v) is 3.33. The van der Waals surface area contributed by atoms with E-state index in [1.807, 2.05) is 0 Å². The highest BCUT2D eigenvalue weighted by molar-refractivity contribution is 7.80. The Morgan fingerprint density at radius 3 is 2.88 bits per heavy atom. The number of thiocarbonyl (C=S) groups is 1. The van der Waals surface area contributed by atoms with Gasteiger partial charge in [0, 0.05) is 26.2 Å². The number of hydrogen-bond acceptors (Lipinski definition) is 2. The summed E-state index contributed by atoms with van der Waals surface area (Å²) in [5.74, 6) is 0. The summed E-state index contributed by atoms with van der Waals surface area (Å²) in [6.45, 7) is 8.12. The summed E-state index contributed by atoms with van der Waals surface area (Å²) in [5, 5.41) is 4.19. The van der Waals surface area contributed by atoms with Gasteiger partial charge in [0.25, 0.3) is 0 Å². The van der Waals surface area contributed by atoms with Gasteiger partial charge < -0.3 is 15.0 Å². The highest BCUT2D eigenvalue weighted by Gasteiger charge is 2.19. The quantitative estimate of drug-likeness (QED) is 0.572. The smallest absolute Gasteiger partial charge is 0.169 e. The Kier molecular flexibility index (Phi) is 6.73. The molecule has 1 unspecified atom stereocenters. The lowest BCUT2D eigenvalue weighted by Crippen LogP contribution is -2.43. The first-order valence-corrected chi connectivity index (χ1v) is 6.83. The van der Waals surface area contributed by atoms with Crippen molar-refractivity contribution in [3.63, 3.8) is 0 Å². The van der Waals surface area contributed by atoms with E-state index < -0.39 is 0 Å². The van der Waals surface area contributed by atoms with Crippen LogP contribution in [0.25, 0.3) is 0 Å². The largest absolute Gasteiger partial charge is 0.376 e. The standard InChI is InChI=1S/C12H24N2OS/c1-3-5-8-13-12(16)14(4-2)10-11-7-6-9-15-11/h11H,3-10H2,1-2H3,(H,13,16). The van der Waals surface area contributed by atoms with E-state index in [4.69, 9.17) is 17.0 Å². The summed E-state index contributed by atoms with van der Waals surface area (Å²) < 4.78 is 5.63. The first-order valence-electron chi connectivity index (χ1n) is 6.42. The molecule has 0 aromatic rings. The second-order valence-electron chi connectivity index (χ2n) is 4.26. The molecular weight excluding hydrogens is 220 g/mol. The van der Waals surface area contributed by atoms with E-state index in [1.54, 1.807) is 0 Å². The average Bonchev–Trinajstić information content (AvgIpc) is 2.78. The second kappa shape index (κ2) is 7.85. The molecule has 1 rings (SSSR count). The number of unbranched alkanes of at least 4 members (excludes halogenated alkanes) is 1. The van der Waals surface area contributed by atoms with Crippen LogP contribution in [0, 0.1) is 0 Å². The van der Waals surface area contributed by atoms with Crippen LogP contribution in [0.4, 0.5) is 0 Å². The summed E-state index contributed by atoms with van der Waals surface area (Å²) >= 11 is 5.38. The number of nitrogens with one attached hydrogen (secondary N) is 1. The molecule has 0 bridgehead atoms. The van der Waals surface area contributed by atoms with Gasteiger partial charge in [0.2, 0.25) is 0 Å². The van der Waals surface area contributed by atoms with Gasteiger partial charge in [-0.25, -0.2) is 0 Å². The molecule has 0 amide bonds. The van der Waals surface area contributed by atoms with Crippen molar-refractivity contribution in [1.29, 1.82) is 0 Å². The highest BCUT2D eigenvalue weighted by Crippen LogP contribution is 2.13. The SMILES string of the molecule is CCCCNC(=S)N(CC)CC1CCCO1. The van der Waals surface area contributed by atoms with Crippen molar-refractivity contribution in [3.8, 4) is 0 Å². The molecule has 0 aromatic heterocycles. The minimum Gasteiger partial charge on any atom is -0.376 e. The van der Waals surface area contributed by atoms with E-state index >= 15 is 0 Å². The first-order chi connectivity index (χ1) is 7.77. The van der Waals surface area contributed by atoms with Gasteiger partial charge in [-0.05, 0) is 38.4 Å². The Bertz CT molecular complexity index is 205. The Hall–Kier alpha value is -0.350. The fraction of sp³-hybridized carbons (Fsp3) is 0.917. The number of likely N-dealkylation sites (N-methyl/N-ethyl adjacent to an activating group) is 1. The minimum absolute atomic E-state index is 0.380. The molecular formula is C12H24N2OS. The lowest BCUT2D eigenvalue weighted by atomic mass is 10.2. The summed E-state index contributed by atoms with van der Waals surface area (Å²) in [6.07, 6.45) is 5.13. The molecule has 1 atom stereocenters. The van der Waals surface area contributed by atoms with Crippen LogP contribution >= 0.6 is 12.2 Å². The molecule has 0 aromatic carbocycles. The van der Waals surface area contributed by atoms with Gasteiger partial charge in [-0.15, -0.1) is 0 Å². The maximum atomic E-state index is 5.63. The predicted molar refractivity (Wildman–Crippen MR) is 71.7 cm³/mol. The second-order valence-corrected chi connectivity index (χ2v) is 4.65. The third kappa shape index (κ3) is 4.66. The van der Waals surface area contributed by atoms with E-state index in [0.717, 1.165) is 31.4 Å². The first kappa shape index (κ1) is 13.7. The van der Waals surface area contributed by atoms with Crippen LogP contribution in [0.1, 0.15) is 39.5 Å². The monoisotopic (exact) mass is 244 g/mol. The van der Waals surface area contributed by atoms with Crippen LogP contribution in [-0.4, -0.2) is 42.4 Å². The van der Waals surface area contributed by atoms with Gasteiger partial charge in [0.05, 0.1) is 6.10 Å². The Morgan fingerprint density at radius 1 is 1.50 bits per heavy atom. The van der Waals surface area contributed by atoms with Crippen LogP contribution in [0.5, 0.6) is 0 Å². The fourth-order valence-electron chi connectivity index (χ4n) is 1.87. The van der Waals surface area contributed by atoms with Crippen molar-refractivity contribution in [2.45, 2.75) is 45.6 Å². The fourth-order valence-corrected chi connectivity index (χ4v) is 2.18. The minimum atomic E-state index is 0.380. The van der Waals surface area contributed by atoms with Gasteiger partial charge in [-0.3, -0.25) is 0 Å². The molecule has 1 aliphatic rings. The molecule has 16 heavy (non-hydrogen) atoms. The molecule has 1 saturated heterocycles. The zero-order valence-corrected chi connectivity index (χ0v) is 11.3. The number of nitrogens with zero attached hydrogens (tertiary/aromatic N) is 1. The van der Waals surface area contributed by atoms with Crippen molar-refractivity contribution in [2.75, 3.05) is 26.2 Å². The molecule has 0 saturated carbocycles. The van der Waals surface area contributed by atoms with Crippen molar-refractivity contribution >= 4 is 17.3 Å². The molecule has 4 heteroatoms. The number of rotatable bonds is 6. The van der Waals surface area contributed by atoms with Gasteiger partial charge in [0.1, 0.15) is 0 Å². The highest BCUT2D eigenvalue weighted by atomic mass is 32.1. The number of ether oxygens (including phenoxy) is 1. The normalized spacial score (nSPS) is 19.8. The van der Waals surface area contributed by atoms with Gasteiger partial charge in [-0.2, -0.15) is 0 Å². The molecule has 0 spiro atoms. The zero-order valence-electron chi connectivity index (χ0n) is 10.5. The Balaban J connectivity index is 2.25. The van der Waals surface area contributed by atoms with E-state index in [2.05, 4.69) is 24.1 Å². The van der Waals surface area contributed by atoms with Gasteiger partial charge in [-0.1, -0.05) is 13.3 Å². The van der Waals surface area contributed by atoms with Crippen molar-refractivity contribution in [3.05, 3.63) is 0 Å². The van der Waals surface area contributed by atoms with E-state index in [1.165, 1.54) is 25.7 Å². The van der Waals surface area contributed by atoms with Crippen LogP contribution in [0.2, 0.25) is 0 Å². The summed E-state index contributed by atoms with van der Waals surface area (Å²) in [4.78, 5) is 2.21. The maximum Gasteiger partial charge on any atom is 0.169 e. The van der Waals surface area contributed by atoms with Gasteiger partial charge in [0.15, 0.2) is 5.11 Å². The summed E-state index contributed by atoms with van der Waals surface area (Å²) in [5.41, 5.74) is 0. The lowest BCUT2D eigenvalue weighted by Gasteiger charge is -2.26. The topological polar surface area (TPSA) is 24.5 Å². The lowest BCUT2D eigenvalue weighted by molar-refractivity contribution is 0.0921. The molecule has 1 heterocycles. The van der Waals surface area contributed by atoms with Crippen LogP contribution in [0.3, 0.4) is 0 Å². The molecule has 94 valence electrons. The zero-order chi connectivity index (χ0) is 11.8. The molecule has 1 N–H and O–H groups in total. The van der Waals surface area contributed by atoms with Crippen LogP contribution < -0.4 is 5.32 Å². The maximum absolute atomic E-state index is 5.63. The predicted octanol–water partition coefficient (Wildman–Crippen LogP) is 2.16. The van der Waals surface area contributed by atoms with Crippen LogP contribution in [0.15, 0.2) is 0 Å². The summed E-state index contributed by atoms with van der Waals surface area (Å²) in [6, 6.07) is 0. The van der Waals surface area contributed by atoms with E-state index in [9.17, 15) is 0 Å². The van der Waals surface area contributed by atoms with Crippen LogP contribution in [-0.2, 0) is 4.74 Å². The number of hydrogen-bond donors (Lipinski definition) is 1. The Labute approximate surface area is 105 Å².